The normalized spacial score (nSPS) is 16.0. The molecule has 1 aromatic heterocycles. The van der Waals surface area contributed by atoms with E-state index in [1.165, 1.54) is 5.56 Å². The van der Waals surface area contributed by atoms with Crippen molar-refractivity contribution in [1.82, 2.24) is 9.78 Å². The largest absolute Gasteiger partial charge is 0.257 e. The van der Waals surface area contributed by atoms with Gasteiger partial charge in [-0.3, -0.25) is 5.01 Å². The first-order chi connectivity index (χ1) is 14.7. The smallest absolute Gasteiger partial charge is 0.0862 e. The predicted molar refractivity (Wildman–Crippen MR) is 125 cm³/mol. The highest BCUT2D eigenvalue weighted by Gasteiger charge is 2.31. The van der Waals surface area contributed by atoms with Crippen molar-refractivity contribution in [2.45, 2.75) is 19.4 Å². The zero-order valence-corrected chi connectivity index (χ0v) is 18.2. The van der Waals surface area contributed by atoms with Gasteiger partial charge in [-0.25, -0.2) is 4.68 Å². The number of aryl methyl sites for hydroxylation is 1. The van der Waals surface area contributed by atoms with Crippen LogP contribution in [0.5, 0.6) is 0 Å². The lowest BCUT2D eigenvalue weighted by Crippen LogP contribution is -2.18. The Balaban J connectivity index is 1.51. The van der Waals surface area contributed by atoms with Crippen LogP contribution in [0.3, 0.4) is 0 Å². The molecular formula is C25H21BrN4. The third-order valence-corrected chi connectivity index (χ3v) is 5.92. The maximum absolute atomic E-state index is 5.02. The number of nitrogens with zero attached hydrogens (tertiary/aromatic N) is 4. The molecule has 0 N–H and O–H groups in total. The zero-order chi connectivity index (χ0) is 20.5. The van der Waals surface area contributed by atoms with Gasteiger partial charge in [0.15, 0.2) is 0 Å². The zero-order valence-electron chi connectivity index (χ0n) is 16.6. The van der Waals surface area contributed by atoms with Gasteiger partial charge in [0.05, 0.1) is 29.3 Å². The summed E-state index contributed by atoms with van der Waals surface area (Å²) in [6, 6.07) is 27.2. The van der Waals surface area contributed by atoms with Gasteiger partial charge in [-0.2, -0.15) is 10.2 Å². The number of halogens is 1. The minimum Gasteiger partial charge on any atom is -0.257 e. The van der Waals surface area contributed by atoms with Crippen molar-refractivity contribution in [3.05, 3.63) is 112 Å². The molecule has 2 heterocycles. The fraction of sp³-hybridized carbons (Fsp3) is 0.120. The summed E-state index contributed by atoms with van der Waals surface area (Å²) >= 11 is 3.49. The Kier molecular flexibility index (Phi) is 4.97. The molecule has 0 spiro atoms. The Labute approximate surface area is 184 Å². The van der Waals surface area contributed by atoms with E-state index < -0.39 is 0 Å². The molecule has 1 aliphatic heterocycles. The van der Waals surface area contributed by atoms with Crippen LogP contribution in [0.1, 0.15) is 29.2 Å². The van der Waals surface area contributed by atoms with E-state index in [4.69, 9.17) is 5.10 Å². The lowest BCUT2D eigenvalue weighted by molar-refractivity contribution is 0.708. The molecule has 30 heavy (non-hydrogen) atoms. The summed E-state index contributed by atoms with van der Waals surface area (Å²) in [5, 5.41) is 11.8. The number of benzene rings is 3. The number of aromatic nitrogens is 2. The number of hydrazone groups is 1. The lowest BCUT2D eigenvalue weighted by atomic mass is 10.0. The van der Waals surface area contributed by atoms with E-state index in [1.807, 2.05) is 29.1 Å². The highest BCUT2D eigenvalue weighted by atomic mass is 79.9. The quantitative estimate of drug-likeness (QED) is 0.361. The second-order valence-electron chi connectivity index (χ2n) is 7.51. The van der Waals surface area contributed by atoms with Crippen LogP contribution < -0.4 is 5.01 Å². The van der Waals surface area contributed by atoms with Gasteiger partial charge in [0, 0.05) is 22.7 Å². The van der Waals surface area contributed by atoms with Crippen LogP contribution in [0.4, 0.5) is 5.69 Å². The van der Waals surface area contributed by atoms with Gasteiger partial charge >= 0.3 is 0 Å². The molecule has 0 aliphatic carbocycles. The van der Waals surface area contributed by atoms with Crippen LogP contribution in [0.2, 0.25) is 0 Å². The average Bonchev–Trinajstić information content (AvgIpc) is 3.43. The van der Waals surface area contributed by atoms with Crippen molar-refractivity contribution in [2.24, 2.45) is 5.10 Å². The first-order valence-corrected chi connectivity index (χ1v) is 10.8. The Hall–Kier alpha value is -3.18. The first-order valence-electron chi connectivity index (χ1n) is 9.97. The number of hydrogen-bond acceptors (Lipinski definition) is 3. The number of hydrogen-bond donors (Lipinski definition) is 0. The van der Waals surface area contributed by atoms with Crippen molar-refractivity contribution in [3.63, 3.8) is 0 Å². The summed E-state index contributed by atoms with van der Waals surface area (Å²) in [5.41, 5.74) is 6.77. The van der Waals surface area contributed by atoms with E-state index in [-0.39, 0.29) is 6.04 Å². The Morgan fingerprint density at radius 2 is 1.57 bits per heavy atom. The molecule has 4 nitrogen and oxygen atoms in total. The van der Waals surface area contributed by atoms with E-state index in [9.17, 15) is 0 Å². The van der Waals surface area contributed by atoms with Gasteiger partial charge in [-0.15, -0.1) is 0 Å². The summed E-state index contributed by atoms with van der Waals surface area (Å²) in [6.45, 7) is 2.10. The minimum atomic E-state index is 0.104. The average molecular weight is 457 g/mol. The molecule has 1 atom stereocenters. The Morgan fingerprint density at radius 1 is 0.867 bits per heavy atom. The Bertz CT molecular complexity index is 1180. The van der Waals surface area contributed by atoms with Gasteiger partial charge < -0.3 is 0 Å². The molecule has 5 heteroatoms. The monoisotopic (exact) mass is 456 g/mol. The summed E-state index contributed by atoms with van der Waals surface area (Å²) in [4.78, 5) is 0. The van der Waals surface area contributed by atoms with Crippen molar-refractivity contribution in [2.75, 3.05) is 5.01 Å². The second kappa shape index (κ2) is 7.92. The van der Waals surface area contributed by atoms with Crippen LogP contribution >= 0.6 is 15.9 Å². The molecule has 0 bridgehead atoms. The van der Waals surface area contributed by atoms with Gasteiger partial charge in [-0.05, 0) is 48.9 Å². The van der Waals surface area contributed by atoms with Crippen molar-refractivity contribution in [3.8, 4) is 5.69 Å². The van der Waals surface area contributed by atoms with Crippen LogP contribution in [0, 0.1) is 6.92 Å². The molecule has 5 rings (SSSR count). The van der Waals surface area contributed by atoms with Crippen molar-refractivity contribution < 1.29 is 0 Å². The van der Waals surface area contributed by atoms with Gasteiger partial charge in [0.1, 0.15) is 0 Å². The molecule has 0 saturated carbocycles. The van der Waals surface area contributed by atoms with E-state index in [0.29, 0.717) is 0 Å². The fourth-order valence-electron chi connectivity index (χ4n) is 3.75. The third-order valence-electron chi connectivity index (χ3n) is 5.39. The molecule has 0 radical (unpaired) electrons. The second-order valence-corrected chi connectivity index (χ2v) is 8.42. The summed E-state index contributed by atoms with van der Waals surface area (Å²) in [5.74, 6) is 0. The molecule has 4 aromatic rings. The topological polar surface area (TPSA) is 33.4 Å². The minimum absolute atomic E-state index is 0.104. The van der Waals surface area contributed by atoms with E-state index in [2.05, 4.69) is 99.8 Å². The van der Waals surface area contributed by atoms with E-state index in [0.717, 1.165) is 39.1 Å². The fourth-order valence-corrected chi connectivity index (χ4v) is 4.02. The van der Waals surface area contributed by atoms with Crippen LogP contribution in [0.15, 0.2) is 101 Å². The number of anilines is 1. The van der Waals surface area contributed by atoms with Crippen LogP contribution in [0.25, 0.3) is 5.69 Å². The lowest BCUT2D eigenvalue weighted by Gasteiger charge is -2.22. The van der Waals surface area contributed by atoms with Crippen molar-refractivity contribution in [1.29, 1.82) is 0 Å². The standard InChI is InChI=1S/C25H21BrN4/c1-18-7-11-23(12-8-18)30-25(15-24(28-30)19-5-3-2-4-6-19)20-16-27-29(17-20)22-13-9-21(26)10-14-22/h2-14,16-17,25H,15H2,1H3. The molecule has 0 fully saturated rings. The molecule has 3 aromatic carbocycles. The van der Waals surface area contributed by atoms with Gasteiger partial charge in [-0.1, -0.05) is 64.0 Å². The highest BCUT2D eigenvalue weighted by Crippen LogP contribution is 2.36. The molecule has 0 saturated heterocycles. The molecule has 148 valence electrons. The summed E-state index contributed by atoms with van der Waals surface area (Å²) in [7, 11) is 0. The number of rotatable bonds is 4. The maximum atomic E-state index is 5.02. The van der Waals surface area contributed by atoms with Crippen LogP contribution in [-0.2, 0) is 0 Å². The predicted octanol–water partition coefficient (Wildman–Crippen LogP) is 6.30. The molecule has 0 amide bonds. The SMILES string of the molecule is Cc1ccc(N2N=C(c3ccccc3)CC2c2cnn(-c3ccc(Br)cc3)c2)cc1. The van der Waals surface area contributed by atoms with E-state index in [1.54, 1.807) is 0 Å². The Morgan fingerprint density at radius 3 is 2.30 bits per heavy atom. The summed E-state index contributed by atoms with van der Waals surface area (Å²) < 4.78 is 2.98. The van der Waals surface area contributed by atoms with E-state index >= 15 is 0 Å². The highest BCUT2D eigenvalue weighted by molar-refractivity contribution is 9.10. The van der Waals surface area contributed by atoms with Gasteiger partial charge in [0.25, 0.3) is 0 Å². The third kappa shape index (κ3) is 3.68. The molecule has 1 aliphatic rings. The van der Waals surface area contributed by atoms with Crippen molar-refractivity contribution >= 4 is 27.3 Å². The molecular weight excluding hydrogens is 436 g/mol. The maximum Gasteiger partial charge on any atom is 0.0862 e. The van der Waals surface area contributed by atoms with Crippen LogP contribution in [-0.4, -0.2) is 15.5 Å². The summed E-state index contributed by atoms with van der Waals surface area (Å²) in [6.07, 6.45) is 4.90. The first kappa shape index (κ1) is 18.8. The van der Waals surface area contributed by atoms with Gasteiger partial charge in [0.2, 0.25) is 0 Å². The molecule has 1 unspecified atom stereocenters.